The average Bonchev–Trinajstić information content (AvgIpc) is 3.04. The number of ether oxygens (including phenoxy) is 1. The third-order valence-corrected chi connectivity index (χ3v) is 5.66. The van der Waals surface area contributed by atoms with Crippen LogP contribution in [-0.4, -0.2) is 34.4 Å². The number of aromatic nitrogens is 1. The number of esters is 1. The fourth-order valence-electron chi connectivity index (χ4n) is 1.98. The Labute approximate surface area is 164 Å². The lowest BCUT2D eigenvalue weighted by atomic mass is 10.2. The van der Waals surface area contributed by atoms with E-state index >= 15 is 0 Å². The van der Waals surface area contributed by atoms with Gasteiger partial charge in [0.25, 0.3) is 11.6 Å². The molecule has 1 heterocycles. The van der Waals surface area contributed by atoms with Crippen molar-refractivity contribution in [3.05, 3.63) is 45.0 Å². The summed E-state index contributed by atoms with van der Waals surface area (Å²) in [5.41, 5.74) is 0.630. The highest BCUT2D eigenvalue weighted by atomic mass is 32.2. The van der Waals surface area contributed by atoms with Crippen LogP contribution in [0.2, 0.25) is 0 Å². The van der Waals surface area contributed by atoms with Gasteiger partial charge in [-0.1, -0.05) is 18.7 Å². The fraction of sp³-hybridized carbons (Fsp3) is 0.353. The van der Waals surface area contributed by atoms with Crippen LogP contribution in [0.1, 0.15) is 36.3 Å². The summed E-state index contributed by atoms with van der Waals surface area (Å²) >= 11 is 2.55. The highest BCUT2D eigenvalue weighted by Crippen LogP contribution is 2.36. The molecule has 2 rings (SSSR count). The van der Waals surface area contributed by atoms with Crippen LogP contribution in [0.3, 0.4) is 0 Å². The van der Waals surface area contributed by atoms with Crippen LogP contribution >= 0.6 is 23.1 Å². The number of thiazole rings is 1. The van der Waals surface area contributed by atoms with E-state index in [1.165, 1.54) is 23.5 Å². The van der Waals surface area contributed by atoms with Gasteiger partial charge in [0, 0.05) is 23.2 Å². The van der Waals surface area contributed by atoms with Gasteiger partial charge in [-0.25, -0.2) is 9.78 Å². The van der Waals surface area contributed by atoms with Gasteiger partial charge in [-0.2, -0.15) is 0 Å². The normalized spacial score (nSPS) is 11.7. The van der Waals surface area contributed by atoms with E-state index in [4.69, 9.17) is 4.74 Å². The van der Waals surface area contributed by atoms with Crippen LogP contribution in [0.15, 0.2) is 32.8 Å². The second kappa shape index (κ2) is 9.47. The molecule has 0 saturated heterocycles. The molecular weight excluding hydrogens is 390 g/mol. The summed E-state index contributed by atoms with van der Waals surface area (Å²) in [7, 11) is 0. The maximum atomic E-state index is 12.1. The quantitative estimate of drug-likeness (QED) is 0.403. The molecule has 1 aromatic carbocycles. The molecular formula is C17H19N3O5S2. The molecule has 0 fully saturated rings. The molecule has 0 bridgehead atoms. The van der Waals surface area contributed by atoms with Crippen molar-refractivity contribution >= 4 is 40.7 Å². The molecule has 0 unspecified atom stereocenters. The highest BCUT2D eigenvalue weighted by Gasteiger charge is 2.20. The van der Waals surface area contributed by atoms with Crippen molar-refractivity contribution in [1.82, 2.24) is 10.3 Å². The molecule has 0 spiro atoms. The van der Waals surface area contributed by atoms with Crippen LogP contribution in [0.25, 0.3) is 0 Å². The minimum atomic E-state index is -0.793. The van der Waals surface area contributed by atoms with Crippen molar-refractivity contribution in [2.24, 2.45) is 0 Å². The van der Waals surface area contributed by atoms with Gasteiger partial charge in [0.1, 0.15) is 0 Å². The number of hydrogen-bond donors (Lipinski definition) is 1. The van der Waals surface area contributed by atoms with Crippen LogP contribution in [0.5, 0.6) is 0 Å². The van der Waals surface area contributed by atoms with Crippen molar-refractivity contribution in [3.8, 4) is 0 Å². The molecule has 144 valence electrons. The molecule has 0 radical (unpaired) electrons. The number of nitrogens with one attached hydrogen (secondary N) is 1. The summed E-state index contributed by atoms with van der Waals surface area (Å²) in [6, 6.07) is 4.04. The predicted octanol–water partition coefficient (Wildman–Crippen LogP) is 3.58. The van der Waals surface area contributed by atoms with Gasteiger partial charge in [0.05, 0.1) is 15.4 Å². The second-order valence-corrected chi connectivity index (χ2v) is 7.90. The Morgan fingerprint density at radius 3 is 2.78 bits per heavy atom. The van der Waals surface area contributed by atoms with E-state index in [0.29, 0.717) is 9.24 Å². The monoisotopic (exact) mass is 409 g/mol. The van der Waals surface area contributed by atoms with Crippen molar-refractivity contribution in [3.63, 3.8) is 0 Å². The summed E-state index contributed by atoms with van der Waals surface area (Å²) < 4.78 is 5.61. The SMILES string of the molecule is CC[C@@H](C)NC(=O)COC(=O)c1ccc(Sc2nc(C)cs2)c([N+](=O)[O-])c1. The lowest BCUT2D eigenvalue weighted by molar-refractivity contribution is -0.387. The van der Waals surface area contributed by atoms with E-state index < -0.39 is 23.4 Å². The number of benzene rings is 1. The first-order valence-corrected chi connectivity index (χ1v) is 9.84. The van der Waals surface area contributed by atoms with Crippen LogP contribution in [0, 0.1) is 17.0 Å². The fourth-order valence-corrected chi connectivity index (χ4v) is 3.86. The van der Waals surface area contributed by atoms with Crippen molar-refractivity contribution in [2.45, 2.75) is 42.5 Å². The molecule has 27 heavy (non-hydrogen) atoms. The van der Waals surface area contributed by atoms with Gasteiger partial charge in [-0.3, -0.25) is 14.9 Å². The Hall–Kier alpha value is -2.46. The predicted molar refractivity (Wildman–Crippen MR) is 102 cm³/mol. The lowest BCUT2D eigenvalue weighted by Gasteiger charge is -2.11. The summed E-state index contributed by atoms with van der Waals surface area (Å²) in [5, 5.41) is 15.9. The van der Waals surface area contributed by atoms with Gasteiger partial charge in [-0.15, -0.1) is 11.3 Å². The maximum Gasteiger partial charge on any atom is 0.338 e. The molecule has 0 aliphatic rings. The maximum absolute atomic E-state index is 12.1. The number of hydrogen-bond acceptors (Lipinski definition) is 8. The van der Waals surface area contributed by atoms with Crippen LogP contribution in [-0.2, 0) is 9.53 Å². The topological polar surface area (TPSA) is 111 Å². The molecule has 1 N–H and O–H groups in total. The number of nitrogens with zero attached hydrogens (tertiary/aromatic N) is 2. The zero-order valence-corrected chi connectivity index (χ0v) is 16.7. The van der Waals surface area contributed by atoms with Crippen molar-refractivity contribution in [2.75, 3.05) is 6.61 Å². The van der Waals surface area contributed by atoms with Crippen molar-refractivity contribution in [1.29, 1.82) is 0 Å². The van der Waals surface area contributed by atoms with Crippen molar-refractivity contribution < 1.29 is 19.2 Å². The van der Waals surface area contributed by atoms with Gasteiger partial charge in [0.2, 0.25) is 0 Å². The largest absolute Gasteiger partial charge is 0.452 e. The van der Waals surface area contributed by atoms with E-state index in [1.807, 2.05) is 26.2 Å². The molecule has 0 saturated carbocycles. The van der Waals surface area contributed by atoms with E-state index in [0.717, 1.165) is 29.9 Å². The standard InChI is InChI=1S/C17H19N3O5S2/c1-4-10(2)18-15(21)8-25-16(22)12-5-6-14(13(7-12)20(23)24)27-17-19-11(3)9-26-17/h5-7,9-10H,4,8H2,1-3H3,(H,18,21)/t10-/m1/s1. The molecule has 1 atom stereocenters. The highest BCUT2D eigenvalue weighted by molar-refractivity contribution is 8.01. The van der Waals surface area contributed by atoms with E-state index in [2.05, 4.69) is 10.3 Å². The lowest BCUT2D eigenvalue weighted by Crippen LogP contribution is -2.35. The molecule has 0 aliphatic carbocycles. The molecule has 2 aromatic rings. The zero-order chi connectivity index (χ0) is 20.0. The van der Waals surface area contributed by atoms with Gasteiger partial charge in [-0.05, 0) is 32.4 Å². The first-order valence-electron chi connectivity index (χ1n) is 8.15. The number of amides is 1. The minimum absolute atomic E-state index is 0.0118. The number of carbonyl (C=O) groups excluding carboxylic acids is 2. The first kappa shape index (κ1) is 20.8. The third kappa shape index (κ3) is 6.04. The Morgan fingerprint density at radius 2 is 2.19 bits per heavy atom. The summed E-state index contributed by atoms with van der Waals surface area (Å²) in [4.78, 5) is 39.2. The molecule has 1 amide bonds. The number of rotatable bonds is 8. The molecule has 0 aliphatic heterocycles. The van der Waals surface area contributed by atoms with E-state index in [-0.39, 0.29) is 17.3 Å². The summed E-state index contributed by atoms with van der Waals surface area (Å²) in [6.07, 6.45) is 0.754. The number of carbonyl (C=O) groups is 2. The third-order valence-electron chi connectivity index (χ3n) is 3.54. The van der Waals surface area contributed by atoms with Gasteiger partial charge >= 0.3 is 5.97 Å². The van der Waals surface area contributed by atoms with E-state index in [1.54, 1.807) is 0 Å². The number of nitro groups is 1. The Morgan fingerprint density at radius 1 is 1.44 bits per heavy atom. The first-order chi connectivity index (χ1) is 12.8. The summed E-state index contributed by atoms with van der Waals surface area (Å²) in [6.45, 7) is 5.16. The average molecular weight is 409 g/mol. The smallest absolute Gasteiger partial charge is 0.338 e. The minimum Gasteiger partial charge on any atom is -0.452 e. The van der Waals surface area contributed by atoms with E-state index in [9.17, 15) is 19.7 Å². The molecule has 10 heteroatoms. The Balaban J connectivity index is 2.09. The van der Waals surface area contributed by atoms with Gasteiger partial charge in [0.15, 0.2) is 10.9 Å². The summed E-state index contributed by atoms with van der Waals surface area (Å²) in [5.74, 6) is -1.21. The molecule has 8 nitrogen and oxygen atoms in total. The number of aryl methyl sites for hydroxylation is 1. The Kier molecular flexibility index (Phi) is 7.31. The van der Waals surface area contributed by atoms with Gasteiger partial charge < -0.3 is 10.1 Å². The Bertz CT molecular complexity index is 853. The van der Waals surface area contributed by atoms with Crippen LogP contribution < -0.4 is 5.32 Å². The second-order valence-electron chi connectivity index (χ2n) is 5.75. The number of nitro benzene ring substituents is 1. The zero-order valence-electron chi connectivity index (χ0n) is 15.1. The molecule has 1 aromatic heterocycles. The van der Waals surface area contributed by atoms with Crippen LogP contribution in [0.4, 0.5) is 5.69 Å².